The molecule has 0 amide bonds. The van der Waals surface area contributed by atoms with Gasteiger partial charge < -0.3 is 5.73 Å². The van der Waals surface area contributed by atoms with Gasteiger partial charge in [-0.05, 0) is 47.6 Å². The molecule has 0 radical (unpaired) electrons. The quantitative estimate of drug-likeness (QED) is 0.751. The number of hydrogen-bond donors (Lipinski definition) is 1. The van der Waals surface area contributed by atoms with E-state index in [1.54, 1.807) is 0 Å². The molecule has 0 spiro atoms. The van der Waals surface area contributed by atoms with Crippen LogP contribution in [0.4, 0.5) is 5.69 Å². The lowest BCUT2D eigenvalue weighted by Crippen LogP contribution is -2.23. The van der Waals surface area contributed by atoms with Crippen LogP contribution < -0.4 is 5.73 Å². The highest BCUT2D eigenvalue weighted by Crippen LogP contribution is 2.53. The third-order valence-corrected chi connectivity index (χ3v) is 4.85. The average molecular weight is 265 g/mol. The fourth-order valence-electron chi connectivity index (χ4n) is 3.86. The Morgan fingerprint density at radius 2 is 1.55 bits per heavy atom. The summed E-state index contributed by atoms with van der Waals surface area (Å²) in [6, 6.07) is 15.4. The van der Waals surface area contributed by atoms with Gasteiger partial charge in [-0.2, -0.15) is 0 Å². The maximum absolute atomic E-state index is 6.04. The van der Waals surface area contributed by atoms with Crippen LogP contribution in [0.25, 0.3) is 0 Å². The Labute approximate surface area is 121 Å². The van der Waals surface area contributed by atoms with Gasteiger partial charge in [0, 0.05) is 11.1 Å². The van der Waals surface area contributed by atoms with E-state index in [1.165, 1.54) is 22.3 Å². The first kappa shape index (κ1) is 13.2. The van der Waals surface area contributed by atoms with Crippen molar-refractivity contribution in [1.82, 2.24) is 0 Å². The van der Waals surface area contributed by atoms with Gasteiger partial charge in [-0.1, -0.05) is 56.7 Å². The molecule has 2 aromatic rings. The molecule has 1 heteroatoms. The van der Waals surface area contributed by atoms with Gasteiger partial charge in [0.1, 0.15) is 0 Å². The second-order valence-corrected chi connectivity index (χ2v) is 7.06. The topological polar surface area (TPSA) is 26.0 Å². The van der Waals surface area contributed by atoms with E-state index >= 15 is 0 Å². The largest absolute Gasteiger partial charge is 0.399 e. The van der Waals surface area contributed by atoms with Crippen LogP contribution >= 0.6 is 0 Å². The highest BCUT2D eigenvalue weighted by molar-refractivity contribution is 5.57. The number of nitrogen functional groups attached to an aromatic ring is 1. The van der Waals surface area contributed by atoms with Gasteiger partial charge >= 0.3 is 0 Å². The van der Waals surface area contributed by atoms with Crippen LogP contribution in [0.2, 0.25) is 0 Å². The van der Waals surface area contributed by atoms with Crippen LogP contribution in [0.3, 0.4) is 0 Å². The minimum absolute atomic E-state index is 0.0575. The van der Waals surface area contributed by atoms with E-state index in [9.17, 15) is 0 Å². The lowest BCUT2D eigenvalue weighted by atomic mass is 9.75. The van der Waals surface area contributed by atoms with Crippen molar-refractivity contribution >= 4 is 5.69 Å². The second-order valence-electron chi connectivity index (χ2n) is 7.06. The predicted octanol–water partition coefficient (Wildman–Crippen LogP) is 4.56. The molecular weight excluding hydrogens is 242 g/mol. The Balaban J connectivity index is 2.21. The van der Waals surface area contributed by atoms with Gasteiger partial charge in [-0.25, -0.2) is 0 Å². The molecule has 2 aromatic carbocycles. The molecule has 0 aromatic heterocycles. The summed E-state index contributed by atoms with van der Waals surface area (Å²) in [6.07, 6.45) is 1.13. The van der Waals surface area contributed by atoms with Gasteiger partial charge in [0.25, 0.3) is 0 Å². The van der Waals surface area contributed by atoms with Crippen molar-refractivity contribution in [2.45, 2.75) is 44.9 Å². The minimum atomic E-state index is 0.0575. The van der Waals surface area contributed by atoms with Gasteiger partial charge in [0.05, 0.1) is 0 Å². The molecule has 1 atom stereocenters. The van der Waals surface area contributed by atoms with Gasteiger partial charge in [-0.15, -0.1) is 0 Å². The number of fused-ring (bicyclic) bond motifs is 1. The Bertz CT molecular complexity index is 652. The van der Waals surface area contributed by atoms with Crippen LogP contribution in [0, 0.1) is 6.92 Å². The van der Waals surface area contributed by atoms with Crippen LogP contribution in [-0.2, 0) is 10.8 Å². The summed E-state index contributed by atoms with van der Waals surface area (Å²) in [5.41, 5.74) is 12.7. The fraction of sp³-hybridized carbons (Fsp3) is 0.368. The van der Waals surface area contributed by atoms with E-state index in [0.717, 1.165) is 12.1 Å². The van der Waals surface area contributed by atoms with Crippen LogP contribution in [-0.4, -0.2) is 0 Å². The molecule has 3 rings (SSSR count). The van der Waals surface area contributed by atoms with Crippen molar-refractivity contribution in [1.29, 1.82) is 0 Å². The number of rotatable bonds is 1. The molecule has 0 saturated heterocycles. The molecule has 20 heavy (non-hydrogen) atoms. The molecule has 1 aliphatic rings. The lowest BCUT2D eigenvalue weighted by Gasteiger charge is -2.28. The lowest BCUT2D eigenvalue weighted by molar-refractivity contribution is 0.425. The highest BCUT2D eigenvalue weighted by atomic mass is 14.6. The molecule has 0 bridgehead atoms. The summed E-state index contributed by atoms with van der Waals surface area (Å²) in [4.78, 5) is 0. The standard InChI is InChI=1S/C19H23N/c1-13-5-7-14(8-6-13)19(4)12-18(2,3)16-10-9-15(20)11-17(16)19/h5-11H,12,20H2,1-4H3. The van der Waals surface area contributed by atoms with E-state index in [4.69, 9.17) is 5.73 Å². The minimum Gasteiger partial charge on any atom is -0.399 e. The van der Waals surface area contributed by atoms with Crippen molar-refractivity contribution in [2.75, 3.05) is 5.73 Å². The first-order chi connectivity index (χ1) is 9.33. The summed E-state index contributed by atoms with van der Waals surface area (Å²) in [5, 5.41) is 0. The number of hydrogen-bond acceptors (Lipinski definition) is 1. The average Bonchev–Trinajstić information content (AvgIpc) is 2.58. The van der Waals surface area contributed by atoms with E-state index in [2.05, 4.69) is 64.1 Å². The Morgan fingerprint density at radius 1 is 0.900 bits per heavy atom. The normalized spacial score (nSPS) is 23.6. The SMILES string of the molecule is Cc1ccc(C2(C)CC(C)(C)c3ccc(N)cc32)cc1. The maximum atomic E-state index is 6.04. The molecule has 1 unspecified atom stereocenters. The van der Waals surface area contributed by atoms with Crippen LogP contribution in [0.5, 0.6) is 0 Å². The van der Waals surface area contributed by atoms with E-state index in [-0.39, 0.29) is 10.8 Å². The third kappa shape index (κ3) is 1.84. The van der Waals surface area contributed by atoms with Crippen molar-refractivity contribution in [2.24, 2.45) is 0 Å². The zero-order valence-electron chi connectivity index (χ0n) is 12.8. The summed E-state index contributed by atoms with van der Waals surface area (Å²) in [7, 11) is 0. The maximum Gasteiger partial charge on any atom is 0.0317 e. The summed E-state index contributed by atoms with van der Waals surface area (Å²) >= 11 is 0. The third-order valence-electron chi connectivity index (χ3n) is 4.85. The second kappa shape index (κ2) is 4.12. The summed E-state index contributed by atoms with van der Waals surface area (Å²) < 4.78 is 0. The van der Waals surface area contributed by atoms with E-state index in [0.29, 0.717) is 0 Å². The van der Waals surface area contributed by atoms with Gasteiger partial charge in [-0.3, -0.25) is 0 Å². The smallest absolute Gasteiger partial charge is 0.0317 e. The molecular formula is C19H23N. The molecule has 0 heterocycles. The Morgan fingerprint density at radius 3 is 2.20 bits per heavy atom. The van der Waals surface area contributed by atoms with Gasteiger partial charge in [0.2, 0.25) is 0 Å². The van der Waals surface area contributed by atoms with E-state index in [1.807, 2.05) is 6.07 Å². The zero-order valence-corrected chi connectivity index (χ0v) is 12.8. The zero-order chi connectivity index (χ0) is 14.5. The molecule has 0 aliphatic heterocycles. The number of nitrogens with two attached hydrogens (primary N) is 1. The molecule has 1 nitrogen and oxygen atoms in total. The van der Waals surface area contributed by atoms with Crippen molar-refractivity contribution in [3.8, 4) is 0 Å². The number of benzene rings is 2. The van der Waals surface area contributed by atoms with Crippen molar-refractivity contribution in [3.05, 3.63) is 64.7 Å². The highest BCUT2D eigenvalue weighted by Gasteiger charge is 2.45. The summed E-state index contributed by atoms with van der Waals surface area (Å²) in [6.45, 7) is 9.16. The molecule has 2 N–H and O–H groups in total. The Hall–Kier alpha value is -1.76. The van der Waals surface area contributed by atoms with Crippen LogP contribution in [0.15, 0.2) is 42.5 Å². The summed E-state index contributed by atoms with van der Waals surface area (Å²) in [5.74, 6) is 0. The van der Waals surface area contributed by atoms with E-state index < -0.39 is 0 Å². The number of aryl methyl sites for hydroxylation is 1. The van der Waals surface area contributed by atoms with Crippen LogP contribution in [0.1, 0.15) is 49.4 Å². The first-order valence-electron chi connectivity index (χ1n) is 7.31. The monoisotopic (exact) mass is 265 g/mol. The molecule has 104 valence electrons. The van der Waals surface area contributed by atoms with Gasteiger partial charge in [0.15, 0.2) is 0 Å². The van der Waals surface area contributed by atoms with Crippen molar-refractivity contribution in [3.63, 3.8) is 0 Å². The molecule has 1 aliphatic carbocycles. The number of anilines is 1. The first-order valence-corrected chi connectivity index (χ1v) is 7.31. The van der Waals surface area contributed by atoms with Crippen molar-refractivity contribution < 1.29 is 0 Å². The predicted molar refractivity (Wildman–Crippen MR) is 86.1 cm³/mol. The molecule has 0 saturated carbocycles. The molecule has 0 fully saturated rings. The Kier molecular flexibility index (Phi) is 2.72. The fourth-order valence-corrected chi connectivity index (χ4v) is 3.86.